The highest BCUT2D eigenvalue weighted by molar-refractivity contribution is 5.80. The predicted molar refractivity (Wildman–Crippen MR) is 118 cm³/mol. The molecule has 164 valence electrons. The smallest absolute Gasteiger partial charge is 0.252 e. The van der Waals surface area contributed by atoms with Crippen LogP contribution in [0.25, 0.3) is 10.9 Å². The number of rotatable bonds is 7. The maximum absolute atomic E-state index is 12.9. The Bertz CT molecular complexity index is 1090. The highest BCUT2D eigenvalue weighted by Gasteiger charge is 2.27. The van der Waals surface area contributed by atoms with Crippen LogP contribution in [-0.4, -0.2) is 43.2 Å². The molecule has 2 aliphatic rings. The summed E-state index contributed by atoms with van der Waals surface area (Å²) < 4.78 is 7.32. The lowest BCUT2D eigenvalue weighted by atomic mass is 10.1. The third kappa shape index (κ3) is 4.21. The zero-order valence-corrected chi connectivity index (χ0v) is 18.1. The van der Waals surface area contributed by atoms with E-state index in [0.717, 1.165) is 53.7 Å². The van der Waals surface area contributed by atoms with Gasteiger partial charge in [-0.2, -0.15) is 0 Å². The van der Waals surface area contributed by atoms with Crippen LogP contribution in [0.2, 0.25) is 0 Å². The average molecular weight is 423 g/mol. The van der Waals surface area contributed by atoms with Crippen molar-refractivity contribution in [3.05, 3.63) is 46.0 Å². The van der Waals surface area contributed by atoms with Crippen LogP contribution in [0.3, 0.4) is 0 Å². The van der Waals surface area contributed by atoms with E-state index < -0.39 is 0 Å². The van der Waals surface area contributed by atoms with Gasteiger partial charge in [-0.15, -0.1) is 5.10 Å². The molecule has 8 nitrogen and oxygen atoms in total. The Kier molecular flexibility index (Phi) is 5.72. The number of pyridine rings is 1. The first-order valence-corrected chi connectivity index (χ1v) is 11.4. The largest absolute Gasteiger partial charge is 0.497 e. The monoisotopic (exact) mass is 422 g/mol. The summed E-state index contributed by atoms with van der Waals surface area (Å²) in [6.07, 6.45) is 9.58. The SMILES string of the molecule is COc1ccc2cc(CN(Cc3nnnn3C3CCCC3)C3CCCC3)c(=O)[nH]c2c1. The van der Waals surface area contributed by atoms with Gasteiger partial charge in [-0.05, 0) is 59.7 Å². The van der Waals surface area contributed by atoms with Crippen molar-refractivity contribution in [3.63, 3.8) is 0 Å². The van der Waals surface area contributed by atoms with E-state index in [0.29, 0.717) is 25.2 Å². The highest BCUT2D eigenvalue weighted by atomic mass is 16.5. The normalized spacial score (nSPS) is 17.9. The lowest BCUT2D eigenvalue weighted by Crippen LogP contribution is -2.35. The average Bonchev–Trinajstić information content (AvgIpc) is 3.55. The van der Waals surface area contributed by atoms with Gasteiger partial charge in [0, 0.05) is 24.2 Å². The Balaban J connectivity index is 1.43. The Hall–Kier alpha value is -2.74. The van der Waals surface area contributed by atoms with E-state index in [2.05, 4.69) is 25.4 Å². The Morgan fingerprint density at radius 2 is 1.87 bits per heavy atom. The van der Waals surface area contributed by atoms with Gasteiger partial charge in [0.2, 0.25) is 0 Å². The Labute approximate surface area is 181 Å². The number of hydrogen-bond acceptors (Lipinski definition) is 6. The number of aromatic amines is 1. The van der Waals surface area contributed by atoms with E-state index in [4.69, 9.17) is 4.74 Å². The van der Waals surface area contributed by atoms with Crippen LogP contribution in [-0.2, 0) is 13.1 Å². The molecule has 2 saturated carbocycles. The molecule has 0 saturated heterocycles. The van der Waals surface area contributed by atoms with Crippen molar-refractivity contribution in [1.29, 1.82) is 0 Å². The molecule has 1 aromatic carbocycles. The molecule has 0 spiro atoms. The van der Waals surface area contributed by atoms with Gasteiger partial charge in [0.25, 0.3) is 5.56 Å². The molecular formula is C23H30N6O2. The minimum atomic E-state index is -0.0425. The molecule has 5 rings (SSSR count). The minimum absolute atomic E-state index is 0.0425. The van der Waals surface area contributed by atoms with Crippen LogP contribution in [0.4, 0.5) is 0 Å². The van der Waals surface area contributed by atoms with Crippen molar-refractivity contribution in [1.82, 2.24) is 30.1 Å². The zero-order valence-electron chi connectivity index (χ0n) is 18.1. The van der Waals surface area contributed by atoms with Crippen molar-refractivity contribution in [3.8, 4) is 5.75 Å². The van der Waals surface area contributed by atoms with Gasteiger partial charge in [-0.3, -0.25) is 9.69 Å². The van der Waals surface area contributed by atoms with Gasteiger partial charge < -0.3 is 9.72 Å². The third-order valence-corrected chi connectivity index (χ3v) is 6.92. The first-order valence-electron chi connectivity index (χ1n) is 11.4. The summed E-state index contributed by atoms with van der Waals surface area (Å²) in [7, 11) is 1.63. The van der Waals surface area contributed by atoms with Crippen LogP contribution in [0.1, 0.15) is 68.8 Å². The van der Waals surface area contributed by atoms with Crippen LogP contribution < -0.4 is 10.3 Å². The summed E-state index contributed by atoms with van der Waals surface area (Å²) in [4.78, 5) is 18.3. The summed E-state index contributed by atoms with van der Waals surface area (Å²) in [5.74, 6) is 1.66. The van der Waals surface area contributed by atoms with Crippen molar-refractivity contribution < 1.29 is 4.74 Å². The number of methoxy groups -OCH3 is 1. The van der Waals surface area contributed by atoms with Crippen LogP contribution in [0.5, 0.6) is 5.75 Å². The maximum Gasteiger partial charge on any atom is 0.252 e. The number of benzene rings is 1. The van der Waals surface area contributed by atoms with Gasteiger partial charge in [0.05, 0.1) is 25.2 Å². The molecule has 8 heteroatoms. The minimum Gasteiger partial charge on any atom is -0.497 e. The molecule has 0 unspecified atom stereocenters. The van der Waals surface area contributed by atoms with Crippen molar-refractivity contribution in [2.24, 2.45) is 0 Å². The predicted octanol–water partition coefficient (Wildman–Crippen LogP) is 3.58. The second-order valence-electron chi connectivity index (χ2n) is 8.90. The number of nitrogens with one attached hydrogen (secondary N) is 1. The number of tetrazole rings is 1. The van der Waals surface area contributed by atoms with Crippen LogP contribution in [0.15, 0.2) is 29.1 Å². The van der Waals surface area contributed by atoms with Crippen molar-refractivity contribution in [2.45, 2.75) is 76.5 Å². The Morgan fingerprint density at radius 1 is 1.10 bits per heavy atom. The molecule has 2 aromatic heterocycles. The van der Waals surface area contributed by atoms with Gasteiger partial charge in [0.1, 0.15) is 5.75 Å². The molecule has 0 amide bonds. The lowest BCUT2D eigenvalue weighted by Gasteiger charge is -2.28. The molecule has 0 atom stereocenters. The fourth-order valence-corrected chi connectivity index (χ4v) is 5.20. The lowest BCUT2D eigenvalue weighted by molar-refractivity contribution is 0.170. The summed E-state index contributed by atoms with van der Waals surface area (Å²) >= 11 is 0. The van der Waals surface area contributed by atoms with Crippen LogP contribution >= 0.6 is 0 Å². The summed E-state index contributed by atoms with van der Waals surface area (Å²) in [6.45, 7) is 1.27. The molecular weight excluding hydrogens is 392 g/mol. The molecule has 0 bridgehead atoms. The molecule has 2 fully saturated rings. The summed E-state index contributed by atoms with van der Waals surface area (Å²) in [5, 5.41) is 13.7. The Morgan fingerprint density at radius 3 is 2.65 bits per heavy atom. The standard InChI is InChI=1S/C23H30N6O2/c1-31-20-11-10-16-12-17(23(30)24-21(16)13-20)14-28(18-6-2-3-7-18)15-22-25-26-27-29(22)19-8-4-5-9-19/h10-13,18-19H,2-9,14-15H2,1H3,(H,24,30). The first kappa shape index (κ1) is 20.2. The van der Waals surface area contributed by atoms with Gasteiger partial charge in [0.15, 0.2) is 5.82 Å². The fraction of sp³-hybridized carbons (Fsp3) is 0.565. The van der Waals surface area contributed by atoms with Gasteiger partial charge >= 0.3 is 0 Å². The van der Waals surface area contributed by atoms with Gasteiger partial charge in [-0.1, -0.05) is 25.7 Å². The van der Waals surface area contributed by atoms with E-state index in [1.54, 1.807) is 7.11 Å². The van der Waals surface area contributed by atoms with Gasteiger partial charge in [-0.25, -0.2) is 4.68 Å². The van der Waals surface area contributed by atoms with Crippen LogP contribution in [0, 0.1) is 0 Å². The number of H-pyrrole nitrogens is 1. The number of fused-ring (bicyclic) bond motifs is 1. The first-order chi connectivity index (χ1) is 15.2. The van der Waals surface area contributed by atoms with E-state index in [-0.39, 0.29) is 5.56 Å². The van der Waals surface area contributed by atoms with Crippen molar-refractivity contribution >= 4 is 10.9 Å². The van der Waals surface area contributed by atoms with Crippen molar-refractivity contribution in [2.75, 3.05) is 7.11 Å². The van der Waals surface area contributed by atoms with E-state index in [1.807, 2.05) is 28.9 Å². The fourth-order valence-electron chi connectivity index (χ4n) is 5.20. The molecule has 3 aromatic rings. The number of aromatic nitrogens is 5. The molecule has 2 heterocycles. The maximum atomic E-state index is 12.9. The number of nitrogens with zero attached hydrogens (tertiary/aromatic N) is 5. The highest BCUT2D eigenvalue weighted by Crippen LogP contribution is 2.31. The second-order valence-corrected chi connectivity index (χ2v) is 8.90. The summed E-state index contributed by atoms with van der Waals surface area (Å²) in [5.41, 5.74) is 1.54. The second kappa shape index (κ2) is 8.78. The van der Waals surface area contributed by atoms with E-state index in [9.17, 15) is 4.79 Å². The quantitative estimate of drug-likeness (QED) is 0.626. The number of ether oxygens (including phenoxy) is 1. The number of hydrogen-bond donors (Lipinski definition) is 1. The van der Waals surface area contributed by atoms with E-state index in [1.165, 1.54) is 25.7 Å². The zero-order chi connectivity index (χ0) is 21.2. The topological polar surface area (TPSA) is 88.9 Å². The molecule has 1 N–H and O–H groups in total. The molecule has 31 heavy (non-hydrogen) atoms. The van der Waals surface area contributed by atoms with E-state index >= 15 is 0 Å². The molecule has 0 aliphatic heterocycles. The third-order valence-electron chi connectivity index (χ3n) is 6.92. The molecule has 0 radical (unpaired) electrons. The molecule has 2 aliphatic carbocycles. The summed E-state index contributed by atoms with van der Waals surface area (Å²) in [6, 6.07) is 8.66.